The summed E-state index contributed by atoms with van der Waals surface area (Å²) in [6, 6.07) is 0. The fourth-order valence-electron chi connectivity index (χ4n) is 0. The average Bonchev–Trinajstić information content (AvgIpc) is 2.04. The number of halogens is 7. The first-order valence-corrected chi connectivity index (χ1v) is 5.49. The largest absolute Gasteiger partial charge is 0.269 e. The van der Waals surface area contributed by atoms with Crippen LogP contribution in [-0.2, 0) is 0 Å². The van der Waals surface area contributed by atoms with Crippen molar-refractivity contribution in [1.82, 2.24) is 0 Å². The van der Waals surface area contributed by atoms with Crippen LogP contribution >= 0.6 is 47.2 Å². The molecular weight excluding hydrogens is 307 g/mol. The number of hydrogen-bond donors (Lipinski definition) is 0. The Kier molecular flexibility index (Phi) is 46.6. The van der Waals surface area contributed by atoms with Gasteiger partial charge in [0.1, 0.15) is 6.17 Å². The molecule has 16 heavy (non-hydrogen) atoms. The molecule has 0 N–H and O–H groups in total. The van der Waals surface area contributed by atoms with Gasteiger partial charge in [0, 0.05) is 11.3 Å². The third-order valence-electron chi connectivity index (χ3n) is 0.425. The van der Waals surface area contributed by atoms with Gasteiger partial charge in [-0.3, -0.25) is 4.70 Å². The van der Waals surface area contributed by atoms with Gasteiger partial charge in [0.25, 0.3) is 0 Å². The lowest BCUT2D eigenvalue weighted by Gasteiger charge is -1.85. The van der Waals surface area contributed by atoms with E-state index in [1.807, 2.05) is 6.92 Å². The van der Waals surface area contributed by atoms with Crippen molar-refractivity contribution in [3.63, 3.8) is 0 Å². The van der Waals surface area contributed by atoms with Gasteiger partial charge in [0.15, 0.2) is 0 Å². The van der Waals surface area contributed by atoms with Crippen molar-refractivity contribution in [2.45, 2.75) is 32.3 Å². The summed E-state index contributed by atoms with van der Waals surface area (Å²) in [7, 11) is 0. The van der Waals surface area contributed by atoms with Crippen LogP contribution in [0, 0.1) is 0 Å². The maximum Gasteiger partial charge on any atom is 0.111 e. The Labute approximate surface area is 117 Å². The molecule has 0 amide bonds. The number of allylic oxidation sites excluding steroid dienone is 1. The Bertz CT molecular complexity index is 109. The molecule has 0 radical (unpaired) electrons. The van der Waals surface area contributed by atoms with Crippen molar-refractivity contribution in [3.8, 4) is 0 Å². The molecule has 104 valence electrons. The molecule has 0 saturated heterocycles. The maximum atomic E-state index is 11.3. The summed E-state index contributed by atoms with van der Waals surface area (Å²) in [5.41, 5.74) is 0. The molecule has 7 heteroatoms. The van der Waals surface area contributed by atoms with Crippen molar-refractivity contribution in [1.29, 1.82) is 0 Å². The van der Waals surface area contributed by atoms with Crippen LogP contribution in [0.3, 0.4) is 0 Å². The van der Waals surface area contributed by atoms with E-state index in [2.05, 4.69) is 6.58 Å². The Hall–Kier alpha value is 0.690. The third kappa shape index (κ3) is 125. The molecule has 0 heterocycles. The molecule has 0 aromatic heterocycles. The Morgan fingerprint density at radius 2 is 1.38 bits per heavy atom. The molecule has 0 aromatic carbocycles. The first kappa shape index (κ1) is 30.1. The van der Waals surface area contributed by atoms with E-state index in [0.717, 1.165) is 0 Å². The first-order chi connectivity index (χ1) is 6.27. The molecule has 0 bridgehead atoms. The molecule has 0 nitrogen and oxygen atoms in total. The second-order valence-electron chi connectivity index (χ2n) is 2.55. The Balaban J connectivity index is -0.0000000358. The van der Waals surface area contributed by atoms with E-state index in [1.165, 1.54) is 13.8 Å². The summed E-state index contributed by atoms with van der Waals surface area (Å²) in [4.78, 5) is 0. The lowest BCUT2D eigenvalue weighted by Crippen LogP contribution is -1.89. The van der Waals surface area contributed by atoms with Crippen molar-refractivity contribution in [2.75, 3.05) is 11.8 Å². The molecule has 0 spiro atoms. The van der Waals surface area contributed by atoms with Gasteiger partial charge in [-0.1, -0.05) is 6.58 Å². The maximum absolute atomic E-state index is 11.3. The standard InChI is InChI=1S/C3H6Cl2.C3H6ClF.C3H5F.ClH.FH/c2*1-3(5)2-4;1-3(2)4;;/h2*3H,2H2,1H3;1H2,2H3;2*1H. The molecule has 0 saturated carbocycles. The van der Waals surface area contributed by atoms with Gasteiger partial charge in [0.2, 0.25) is 0 Å². The topological polar surface area (TPSA) is 0 Å². The highest BCUT2D eigenvalue weighted by molar-refractivity contribution is 6.27. The summed E-state index contributed by atoms with van der Waals surface area (Å²) in [6.45, 7) is 7.47. The second-order valence-corrected chi connectivity index (χ2v) is 3.91. The van der Waals surface area contributed by atoms with Gasteiger partial charge in [-0.25, -0.2) is 8.78 Å². The van der Waals surface area contributed by atoms with Crippen LogP contribution in [0.2, 0.25) is 0 Å². The minimum atomic E-state index is -0.850. The van der Waals surface area contributed by atoms with Gasteiger partial charge in [-0.05, 0) is 20.8 Å². The lowest BCUT2D eigenvalue weighted by molar-refractivity contribution is 0.396. The lowest BCUT2D eigenvalue weighted by atomic mass is 10.5. The van der Waals surface area contributed by atoms with Crippen molar-refractivity contribution >= 4 is 47.2 Å². The minimum Gasteiger partial charge on any atom is -0.269 e. The van der Waals surface area contributed by atoms with Crippen LogP contribution in [0.15, 0.2) is 12.4 Å². The van der Waals surface area contributed by atoms with Gasteiger partial charge in [0.05, 0.1) is 11.7 Å². The van der Waals surface area contributed by atoms with Crippen molar-refractivity contribution in [3.05, 3.63) is 12.4 Å². The quantitative estimate of drug-likeness (QED) is 0.588. The normalized spacial score (nSPS) is 11.0. The average molecular weight is 326 g/mol. The van der Waals surface area contributed by atoms with E-state index >= 15 is 0 Å². The number of rotatable bonds is 2. The van der Waals surface area contributed by atoms with E-state index in [9.17, 15) is 8.78 Å². The van der Waals surface area contributed by atoms with E-state index in [0.29, 0.717) is 5.88 Å². The molecular formula is C9H19Cl4F3. The zero-order valence-electron chi connectivity index (χ0n) is 9.48. The number of alkyl halides is 4. The summed E-state index contributed by atoms with van der Waals surface area (Å²) in [6.07, 6.45) is -0.850. The summed E-state index contributed by atoms with van der Waals surface area (Å²) < 4.78 is 22.1. The van der Waals surface area contributed by atoms with E-state index in [1.54, 1.807) is 0 Å². The van der Waals surface area contributed by atoms with E-state index in [4.69, 9.17) is 34.8 Å². The Morgan fingerprint density at radius 1 is 1.25 bits per heavy atom. The molecule has 2 unspecified atom stereocenters. The minimum absolute atomic E-state index is 0. The van der Waals surface area contributed by atoms with Gasteiger partial charge in [-0.15, -0.1) is 47.2 Å². The van der Waals surface area contributed by atoms with Crippen LogP contribution in [-0.4, -0.2) is 23.3 Å². The zero-order valence-corrected chi connectivity index (χ0v) is 12.6. The Morgan fingerprint density at radius 3 is 1.38 bits per heavy atom. The fourth-order valence-corrected chi connectivity index (χ4v) is 0. The first-order valence-electron chi connectivity index (χ1n) is 3.98. The highest BCUT2D eigenvalue weighted by Crippen LogP contribution is 1.93. The van der Waals surface area contributed by atoms with Gasteiger partial charge < -0.3 is 0 Å². The molecule has 0 aromatic rings. The predicted octanol–water partition coefficient (Wildman–Crippen LogP) is 5.50. The molecule has 0 aliphatic heterocycles. The molecule has 0 aliphatic carbocycles. The number of hydrogen-bond acceptors (Lipinski definition) is 0. The summed E-state index contributed by atoms with van der Waals surface area (Å²) in [5, 5.41) is 0.122. The predicted molar refractivity (Wildman–Crippen MR) is 73.0 cm³/mol. The van der Waals surface area contributed by atoms with E-state index < -0.39 is 6.17 Å². The third-order valence-corrected chi connectivity index (χ3v) is 1.63. The van der Waals surface area contributed by atoms with Gasteiger partial charge in [-0.2, -0.15) is 0 Å². The van der Waals surface area contributed by atoms with Crippen LogP contribution in [0.5, 0.6) is 0 Å². The zero-order chi connectivity index (χ0) is 12.1. The van der Waals surface area contributed by atoms with Crippen LogP contribution < -0.4 is 0 Å². The van der Waals surface area contributed by atoms with Crippen molar-refractivity contribution in [2.24, 2.45) is 0 Å². The summed E-state index contributed by atoms with van der Waals surface area (Å²) >= 11 is 15.5. The second kappa shape index (κ2) is 24.8. The fraction of sp³-hybridized carbons (Fsp3) is 0.778. The van der Waals surface area contributed by atoms with E-state index in [-0.39, 0.29) is 34.2 Å². The monoisotopic (exact) mass is 324 g/mol. The highest BCUT2D eigenvalue weighted by atomic mass is 35.5. The SMILES string of the molecule is C=C(C)F.CC(Cl)CCl.CC(F)CCl.Cl.F. The summed E-state index contributed by atoms with van der Waals surface area (Å²) in [5.74, 6) is 0.321. The van der Waals surface area contributed by atoms with Gasteiger partial charge >= 0.3 is 0 Å². The smallest absolute Gasteiger partial charge is 0.111 e. The van der Waals surface area contributed by atoms with Crippen molar-refractivity contribution < 1.29 is 13.5 Å². The molecule has 0 aliphatic rings. The molecule has 2 atom stereocenters. The molecule has 0 fully saturated rings. The highest BCUT2D eigenvalue weighted by Gasteiger charge is 1.87. The molecule has 0 rings (SSSR count). The van der Waals surface area contributed by atoms with Crippen LogP contribution in [0.1, 0.15) is 20.8 Å². The van der Waals surface area contributed by atoms with Crippen LogP contribution in [0.4, 0.5) is 13.5 Å². The van der Waals surface area contributed by atoms with Crippen LogP contribution in [0.25, 0.3) is 0 Å².